The molecule has 0 radical (unpaired) electrons. The normalized spacial score (nSPS) is 10.7. The molecule has 0 unspecified atom stereocenters. The number of nitrogens with zero attached hydrogens (tertiary/aromatic N) is 2. The zero-order valence-corrected chi connectivity index (χ0v) is 12.5. The van der Waals surface area contributed by atoms with Gasteiger partial charge in [0.25, 0.3) is 0 Å². The lowest BCUT2D eigenvalue weighted by molar-refractivity contribution is 0.310. The van der Waals surface area contributed by atoms with Crippen molar-refractivity contribution in [3.63, 3.8) is 0 Å². The Hall–Kier alpha value is -1.17. The summed E-state index contributed by atoms with van der Waals surface area (Å²) in [6.07, 6.45) is 2.60. The Bertz CT molecular complexity index is 544. The van der Waals surface area contributed by atoms with E-state index >= 15 is 0 Å². The Kier molecular flexibility index (Phi) is 5.13. The molecule has 0 aliphatic heterocycles. The molecule has 0 saturated carbocycles. The van der Waals surface area contributed by atoms with Gasteiger partial charge in [-0.15, -0.1) is 11.3 Å². The van der Waals surface area contributed by atoms with E-state index in [-0.39, 0.29) is 0 Å². The summed E-state index contributed by atoms with van der Waals surface area (Å²) < 4.78 is 5.61. The Balaban J connectivity index is 1.91. The first kappa shape index (κ1) is 14.2. The van der Waals surface area contributed by atoms with Crippen LogP contribution in [0.4, 0.5) is 0 Å². The maximum Gasteiger partial charge on any atom is 0.232 e. The molecule has 0 spiro atoms. The van der Waals surface area contributed by atoms with E-state index in [9.17, 15) is 0 Å². The molecular weight excluding hydrogens is 282 g/mol. The second kappa shape index (κ2) is 6.84. The number of pyridine rings is 1. The molecule has 2 heterocycles. The van der Waals surface area contributed by atoms with Crippen molar-refractivity contribution in [3.05, 3.63) is 38.9 Å². The van der Waals surface area contributed by atoms with Gasteiger partial charge >= 0.3 is 0 Å². The van der Waals surface area contributed by atoms with Gasteiger partial charge in [-0.2, -0.15) is 0 Å². The van der Waals surface area contributed by atoms with Crippen molar-refractivity contribution >= 4 is 22.9 Å². The highest BCUT2D eigenvalue weighted by Crippen LogP contribution is 2.23. The first-order valence-electron chi connectivity index (χ1n) is 6.01. The molecular formula is C13H16ClN3OS. The molecule has 102 valence electrons. The summed E-state index contributed by atoms with van der Waals surface area (Å²) in [5.41, 5.74) is 3.96. The van der Waals surface area contributed by atoms with E-state index < -0.39 is 0 Å². The van der Waals surface area contributed by atoms with Crippen molar-refractivity contribution in [1.29, 1.82) is 0 Å². The monoisotopic (exact) mass is 297 g/mol. The van der Waals surface area contributed by atoms with Crippen molar-refractivity contribution in [3.8, 4) is 5.88 Å². The van der Waals surface area contributed by atoms with Crippen LogP contribution in [0.2, 0.25) is 5.02 Å². The highest BCUT2D eigenvalue weighted by molar-refractivity contribution is 7.09. The molecule has 2 aromatic rings. The third-order valence-corrected chi connectivity index (χ3v) is 3.92. The molecule has 0 aliphatic carbocycles. The molecule has 2 aromatic heterocycles. The standard InChI is InChI=1S/C13H16ClN3OS/c1-9-12(19-8-17-9)3-4-18-13-11(14)5-10(6-15-2)7-16-13/h5,7-8,15H,3-4,6H2,1-2H3. The predicted molar refractivity (Wildman–Crippen MR) is 78.1 cm³/mol. The largest absolute Gasteiger partial charge is 0.476 e. The van der Waals surface area contributed by atoms with E-state index in [0.29, 0.717) is 17.5 Å². The number of aromatic nitrogens is 2. The fourth-order valence-corrected chi connectivity index (χ4v) is 2.68. The van der Waals surface area contributed by atoms with Gasteiger partial charge in [0, 0.05) is 24.0 Å². The Morgan fingerprint density at radius 3 is 2.89 bits per heavy atom. The average Bonchev–Trinajstić information content (AvgIpc) is 2.78. The summed E-state index contributed by atoms with van der Waals surface area (Å²) in [6.45, 7) is 3.30. The predicted octanol–water partition coefficient (Wildman–Crippen LogP) is 2.84. The molecule has 6 heteroatoms. The number of hydrogen-bond donors (Lipinski definition) is 1. The molecule has 19 heavy (non-hydrogen) atoms. The van der Waals surface area contributed by atoms with Crippen LogP contribution in [0.15, 0.2) is 17.8 Å². The average molecular weight is 298 g/mol. The summed E-state index contributed by atoms with van der Waals surface area (Å²) in [6, 6.07) is 1.87. The van der Waals surface area contributed by atoms with Gasteiger partial charge in [-0.3, -0.25) is 0 Å². The molecule has 4 nitrogen and oxygen atoms in total. The van der Waals surface area contributed by atoms with Crippen LogP contribution in [0.1, 0.15) is 16.1 Å². The van der Waals surface area contributed by atoms with Gasteiger partial charge in [0.05, 0.1) is 17.8 Å². The van der Waals surface area contributed by atoms with Gasteiger partial charge < -0.3 is 10.1 Å². The molecule has 0 saturated heterocycles. The zero-order valence-electron chi connectivity index (χ0n) is 10.9. The van der Waals surface area contributed by atoms with Gasteiger partial charge in [-0.25, -0.2) is 9.97 Å². The van der Waals surface area contributed by atoms with E-state index in [1.807, 2.05) is 25.5 Å². The number of nitrogens with one attached hydrogen (secondary N) is 1. The lowest BCUT2D eigenvalue weighted by atomic mass is 10.3. The zero-order chi connectivity index (χ0) is 13.7. The first-order valence-corrected chi connectivity index (χ1v) is 7.27. The summed E-state index contributed by atoms with van der Waals surface area (Å²) in [7, 11) is 1.88. The van der Waals surface area contributed by atoms with Crippen LogP contribution in [0.3, 0.4) is 0 Å². The lowest BCUT2D eigenvalue weighted by Gasteiger charge is -2.08. The van der Waals surface area contributed by atoms with E-state index in [0.717, 1.165) is 24.2 Å². The van der Waals surface area contributed by atoms with Gasteiger partial charge in [-0.1, -0.05) is 11.6 Å². The minimum absolute atomic E-state index is 0.490. The number of rotatable bonds is 6. The van der Waals surface area contributed by atoms with Crippen molar-refractivity contribution in [1.82, 2.24) is 15.3 Å². The van der Waals surface area contributed by atoms with Crippen molar-refractivity contribution in [2.75, 3.05) is 13.7 Å². The molecule has 0 fully saturated rings. The SMILES string of the molecule is CNCc1cnc(OCCc2scnc2C)c(Cl)c1. The molecule has 0 atom stereocenters. The van der Waals surface area contributed by atoms with Crippen molar-refractivity contribution < 1.29 is 4.74 Å². The lowest BCUT2D eigenvalue weighted by Crippen LogP contribution is -2.07. The number of hydrogen-bond acceptors (Lipinski definition) is 5. The van der Waals surface area contributed by atoms with Crippen LogP contribution in [0, 0.1) is 6.92 Å². The van der Waals surface area contributed by atoms with Gasteiger partial charge in [-0.05, 0) is 25.6 Å². The van der Waals surface area contributed by atoms with Crippen LogP contribution in [-0.4, -0.2) is 23.6 Å². The number of halogens is 1. The van der Waals surface area contributed by atoms with Gasteiger partial charge in [0.1, 0.15) is 5.02 Å². The van der Waals surface area contributed by atoms with E-state index in [1.165, 1.54) is 4.88 Å². The molecule has 0 aliphatic rings. The fourth-order valence-electron chi connectivity index (χ4n) is 1.68. The maximum atomic E-state index is 6.13. The third kappa shape index (κ3) is 3.89. The molecule has 0 aromatic carbocycles. The van der Waals surface area contributed by atoms with Gasteiger partial charge in [0.2, 0.25) is 5.88 Å². The number of ether oxygens (including phenoxy) is 1. The Labute approximate surface area is 121 Å². The summed E-state index contributed by atoms with van der Waals surface area (Å²) in [4.78, 5) is 9.68. The van der Waals surface area contributed by atoms with Crippen LogP contribution in [-0.2, 0) is 13.0 Å². The topological polar surface area (TPSA) is 47.0 Å². The van der Waals surface area contributed by atoms with Crippen LogP contribution < -0.4 is 10.1 Å². The van der Waals surface area contributed by atoms with Crippen LogP contribution in [0.25, 0.3) is 0 Å². The van der Waals surface area contributed by atoms with Crippen LogP contribution in [0.5, 0.6) is 5.88 Å². The Morgan fingerprint density at radius 1 is 1.42 bits per heavy atom. The van der Waals surface area contributed by atoms with Crippen LogP contribution >= 0.6 is 22.9 Å². The molecule has 2 rings (SSSR count). The highest BCUT2D eigenvalue weighted by atomic mass is 35.5. The van der Waals surface area contributed by atoms with Crippen molar-refractivity contribution in [2.24, 2.45) is 0 Å². The molecule has 0 bridgehead atoms. The second-order valence-corrected chi connectivity index (χ2v) is 5.47. The number of aryl methyl sites for hydroxylation is 1. The summed E-state index contributed by atoms with van der Waals surface area (Å²) in [5, 5.41) is 3.60. The van der Waals surface area contributed by atoms with E-state index in [4.69, 9.17) is 16.3 Å². The highest BCUT2D eigenvalue weighted by Gasteiger charge is 2.06. The van der Waals surface area contributed by atoms with E-state index in [2.05, 4.69) is 15.3 Å². The second-order valence-electron chi connectivity index (χ2n) is 4.12. The first-order chi connectivity index (χ1) is 9.20. The summed E-state index contributed by atoms with van der Waals surface area (Å²) >= 11 is 7.78. The minimum Gasteiger partial charge on any atom is -0.476 e. The minimum atomic E-state index is 0.490. The molecule has 0 amide bonds. The quantitative estimate of drug-likeness (QED) is 0.890. The summed E-state index contributed by atoms with van der Waals surface area (Å²) in [5.74, 6) is 0.490. The third-order valence-electron chi connectivity index (χ3n) is 2.66. The maximum absolute atomic E-state index is 6.13. The Morgan fingerprint density at radius 2 is 2.26 bits per heavy atom. The number of thiazole rings is 1. The van der Waals surface area contributed by atoms with Gasteiger partial charge in [0.15, 0.2) is 0 Å². The van der Waals surface area contributed by atoms with Crippen molar-refractivity contribution in [2.45, 2.75) is 19.9 Å². The smallest absolute Gasteiger partial charge is 0.232 e. The van der Waals surface area contributed by atoms with E-state index in [1.54, 1.807) is 17.5 Å². The fraction of sp³-hybridized carbons (Fsp3) is 0.385. The molecule has 1 N–H and O–H groups in total.